The number of nitrogens with zero attached hydrogens (tertiary/aromatic N) is 1. The number of rotatable bonds is 42. The lowest BCUT2D eigenvalue weighted by Crippen LogP contribution is -2.37. The predicted octanol–water partition coefficient (Wildman–Crippen LogP) is 12.2. The van der Waals surface area contributed by atoms with Crippen molar-refractivity contribution in [2.45, 2.75) is 225 Å². The van der Waals surface area contributed by atoms with Gasteiger partial charge in [0.25, 0.3) is 7.82 Å². The third-order valence-electron chi connectivity index (χ3n) is 10.1. The minimum Gasteiger partial charge on any atom is -0.756 e. The minimum absolute atomic E-state index is 0.0258. The van der Waals surface area contributed by atoms with Crippen LogP contribution in [0.5, 0.6) is 0 Å². The van der Waals surface area contributed by atoms with Crippen molar-refractivity contribution in [3.8, 4) is 0 Å². The Hall–Kier alpha value is -0.990. The van der Waals surface area contributed by atoms with Gasteiger partial charge in [0.1, 0.15) is 19.8 Å². The molecule has 0 aromatic rings. The Balaban J connectivity index is 4.21. The second kappa shape index (κ2) is 37.6. The van der Waals surface area contributed by atoms with E-state index in [-0.39, 0.29) is 32.0 Å². The summed E-state index contributed by atoms with van der Waals surface area (Å²) in [4.78, 5) is 37.5. The molecule has 2 atom stereocenters. The number of phosphoric ester groups is 1. The van der Waals surface area contributed by atoms with Gasteiger partial charge < -0.3 is 27.9 Å². The van der Waals surface area contributed by atoms with Crippen molar-refractivity contribution < 1.29 is 42.1 Å². The molecular weight excluding hydrogens is 701 g/mol. The van der Waals surface area contributed by atoms with Crippen LogP contribution >= 0.6 is 7.82 Å². The summed E-state index contributed by atoms with van der Waals surface area (Å²) in [6, 6.07) is 0. The van der Waals surface area contributed by atoms with Crippen molar-refractivity contribution in [3.05, 3.63) is 0 Å². The summed E-state index contributed by atoms with van der Waals surface area (Å²) in [7, 11) is 1.18. The SMILES string of the molecule is CCCCCCCCCCCCCCCCCCCCCCC(=O)OC(COC(=O)CCCCCCCCCCCC)COP(=O)([O-])OCC[N+](C)(C)C. The lowest BCUT2D eigenvalue weighted by Gasteiger charge is -2.28. The Morgan fingerprint density at radius 3 is 1.19 bits per heavy atom. The highest BCUT2D eigenvalue weighted by atomic mass is 31.2. The molecule has 10 heteroatoms. The number of quaternary nitrogens is 1. The molecule has 0 rings (SSSR count). The molecule has 0 radical (unpaired) electrons. The van der Waals surface area contributed by atoms with E-state index in [0.29, 0.717) is 17.4 Å². The van der Waals surface area contributed by atoms with Crippen LogP contribution in [0, 0.1) is 0 Å². The highest BCUT2D eigenvalue weighted by Crippen LogP contribution is 2.38. The molecule has 0 aliphatic rings. The van der Waals surface area contributed by atoms with Crippen molar-refractivity contribution in [1.29, 1.82) is 0 Å². The van der Waals surface area contributed by atoms with E-state index in [1.54, 1.807) is 0 Å². The Morgan fingerprint density at radius 2 is 0.833 bits per heavy atom. The average Bonchev–Trinajstić information content (AvgIpc) is 3.12. The molecule has 2 unspecified atom stereocenters. The van der Waals surface area contributed by atoms with Gasteiger partial charge in [-0.1, -0.05) is 194 Å². The molecule has 0 aliphatic heterocycles. The van der Waals surface area contributed by atoms with Gasteiger partial charge in [-0.25, -0.2) is 0 Å². The summed E-state index contributed by atoms with van der Waals surface area (Å²) in [6.07, 6.45) is 37.0. The number of likely N-dealkylation sites (N-methyl/N-ethyl adjacent to an activating group) is 1. The number of phosphoric acid groups is 1. The van der Waals surface area contributed by atoms with Crippen molar-refractivity contribution in [1.82, 2.24) is 0 Å². The molecule has 0 aliphatic carbocycles. The molecular formula is C44H88NO8P. The Bertz CT molecular complexity index is 896. The number of carbonyl (C=O) groups excluding carboxylic acids is 2. The van der Waals surface area contributed by atoms with Crippen LogP contribution in [-0.4, -0.2) is 70.0 Å². The molecule has 0 saturated heterocycles. The summed E-state index contributed by atoms with van der Waals surface area (Å²) >= 11 is 0. The first-order valence-corrected chi connectivity index (χ1v) is 24.2. The molecule has 0 bridgehead atoms. The van der Waals surface area contributed by atoms with Crippen LogP contribution < -0.4 is 4.89 Å². The Kier molecular flexibility index (Phi) is 36.9. The van der Waals surface area contributed by atoms with Gasteiger partial charge in [0.2, 0.25) is 0 Å². The number of hydrogen-bond acceptors (Lipinski definition) is 8. The van der Waals surface area contributed by atoms with E-state index in [2.05, 4.69) is 13.8 Å². The summed E-state index contributed by atoms with van der Waals surface area (Å²) in [5, 5.41) is 0. The molecule has 0 fully saturated rings. The van der Waals surface area contributed by atoms with Crippen LogP contribution in [0.25, 0.3) is 0 Å². The van der Waals surface area contributed by atoms with Crippen LogP contribution in [0.15, 0.2) is 0 Å². The van der Waals surface area contributed by atoms with E-state index in [1.807, 2.05) is 21.1 Å². The monoisotopic (exact) mass is 790 g/mol. The van der Waals surface area contributed by atoms with Crippen LogP contribution in [0.1, 0.15) is 219 Å². The first kappa shape index (κ1) is 53.0. The zero-order valence-corrected chi connectivity index (χ0v) is 37.1. The summed E-state index contributed by atoms with van der Waals surface area (Å²) < 4.78 is 33.9. The number of unbranched alkanes of at least 4 members (excludes halogenated alkanes) is 28. The molecule has 0 aromatic heterocycles. The third kappa shape index (κ3) is 40.7. The highest BCUT2D eigenvalue weighted by molar-refractivity contribution is 7.45. The topological polar surface area (TPSA) is 111 Å². The standard InChI is InChI=1S/C44H88NO8P/c1-6-8-10-12-14-16-18-19-20-21-22-23-24-25-26-27-29-31-33-35-37-44(47)53-42(41-52-54(48,49)51-39-38-45(3,4)5)40-50-43(46)36-34-32-30-28-17-15-13-11-9-7-2/h42H,6-41H2,1-5H3. The first-order chi connectivity index (χ1) is 26.0. The van der Waals surface area contributed by atoms with Gasteiger partial charge >= 0.3 is 11.9 Å². The van der Waals surface area contributed by atoms with Gasteiger partial charge in [-0.05, 0) is 12.8 Å². The molecule has 54 heavy (non-hydrogen) atoms. The van der Waals surface area contributed by atoms with Gasteiger partial charge in [0.15, 0.2) is 6.10 Å². The van der Waals surface area contributed by atoms with Crippen molar-refractivity contribution >= 4 is 19.8 Å². The smallest absolute Gasteiger partial charge is 0.306 e. The maximum absolute atomic E-state index is 12.7. The van der Waals surface area contributed by atoms with Crippen molar-refractivity contribution in [3.63, 3.8) is 0 Å². The average molecular weight is 790 g/mol. The van der Waals surface area contributed by atoms with Crippen LogP contribution in [0.3, 0.4) is 0 Å². The first-order valence-electron chi connectivity index (χ1n) is 22.7. The predicted molar refractivity (Wildman–Crippen MR) is 222 cm³/mol. The highest BCUT2D eigenvalue weighted by Gasteiger charge is 2.21. The molecule has 0 saturated carbocycles. The van der Waals surface area contributed by atoms with E-state index < -0.39 is 26.5 Å². The van der Waals surface area contributed by atoms with Crippen LogP contribution in [-0.2, 0) is 32.7 Å². The third-order valence-corrected chi connectivity index (χ3v) is 11.1. The fraction of sp³-hybridized carbons (Fsp3) is 0.955. The van der Waals surface area contributed by atoms with E-state index in [9.17, 15) is 19.0 Å². The maximum Gasteiger partial charge on any atom is 0.306 e. The van der Waals surface area contributed by atoms with Gasteiger partial charge in [-0.2, -0.15) is 0 Å². The normalized spacial score (nSPS) is 13.5. The number of carbonyl (C=O) groups is 2. The van der Waals surface area contributed by atoms with Gasteiger partial charge in [-0.15, -0.1) is 0 Å². The van der Waals surface area contributed by atoms with E-state index in [1.165, 1.54) is 154 Å². The van der Waals surface area contributed by atoms with Crippen molar-refractivity contribution in [2.24, 2.45) is 0 Å². The molecule has 0 heterocycles. The summed E-state index contributed by atoms with van der Waals surface area (Å²) in [5.74, 6) is -0.822. The number of esters is 2. The fourth-order valence-corrected chi connectivity index (χ4v) is 7.27. The second-order valence-corrected chi connectivity index (χ2v) is 18.2. The fourth-order valence-electron chi connectivity index (χ4n) is 6.54. The minimum atomic E-state index is -4.61. The second-order valence-electron chi connectivity index (χ2n) is 16.8. The van der Waals surface area contributed by atoms with E-state index >= 15 is 0 Å². The summed E-state index contributed by atoms with van der Waals surface area (Å²) in [5.41, 5.74) is 0. The largest absolute Gasteiger partial charge is 0.756 e. The Morgan fingerprint density at radius 1 is 0.500 bits per heavy atom. The zero-order valence-electron chi connectivity index (χ0n) is 36.2. The number of hydrogen-bond donors (Lipinski definition) is 0. The number of ether oxygens (including phenoxy) is 2. The zero-order chi connectivity index (χ0) is 40.0. The van der Waals surface area contributed by atoms with Crippen molar-refractivity contribution in [2.75, 3.05) is 47.5 Å². The molecule has 0 N–H and O–H groups in total. The molecule has 0 spiro atoms. The van der Waals surface area contributed by atoms with Crippen LogP contribution in [0.4, 0.5) is 0 Å². The van der Waals surface area contributed by atoms with Gasteiger partial charge in [-0.3, -0.25) is 14.2 Å². The molecule has 322 valence electrons. The molecule has 0 amide bonds. The lowest BCUT2D eigenvalue weighted by atomic mass is 10.0. The summed E-state index contributed by atoms with van der Waals surface area (Å²) in [6.45, 7) is 4.25. The quantitative estimate of drug-likeness (QED) is 0.0260. The lowest BCUT2D eigenvalue weighted by molar-refractivity contribution is -0.870. The Labute approximate surface area is 334 Å². The van der Waals surface area contributed by atoms with E-state index in [4.69, 9.17) is 18.5 Å². The van der Waals surface area contributed by atoms with Gasteiger partial charge in [0, 0.05) is 12.8 Å². The van der Waals surface area contributed by atoms with E-state index in [0.717, 1.165) is 32.1 Å². The molecule has 0 aromatic carbocycles. The van der Waals surface area contributed by atoms with Crippen LogP contribution in [0.2, 0.25) is 0 Å². The van der Waals surface area contributed by atoms with Gasteiger partial charge in [0.05, 0.1) is 27.7 Å². The maximum atomic E-state index is 12.7. The molecule has 9 nitrogen and oxygen atoms in total.